The zero-order valence-electron chi connectivity index (χ0n) is 14.3. The second kappa shape index (κ2) is 7.26. The van der Waals surface area contributed by atoms with Crippen LogP contribution in [0, 0.1) is 0 Å². The molecule has 7 nitrogen and oxygen atoms in total. The number of hydrogen-bond acceptors (Lipinski definition) is 3. The lowest BCUT2D eigenvalue weighted by Gasteiger charge is -2.31. The van der Waals surface area contributed by atoms with Gasteiger partial charge in [-0.2, -0.15) is 13.2 Å². The van der Waals surface area contributed by atoms with Gasteiger partial charge in [0.1, 0.15) is 0 Å². The Labute approximate surface area is 157 Å². The number of nitrogens with one attached hydrogen (secondary N) is 1. The Morgan fingerprint density at radius 3 is 2.52 bits per heavy atom. The average Bonchev–Trinajstić information content (AvgIpc) is 2.91. The Balaban J connectivity index is 1.65. The number of nitrogens with zero attached hydrogens (tertiary/aromatic N) is 4. The van der Waals surface area contributed by atoms with Crippen LogP contribution in [-0.2, 0) is 13.2 Å². The molecule has 0 unspecified atom stereocenters. The SMILES string of the molecule is Cn1c(C(F)(F)F)nn(C2CCN(C(=O)Nc3cccc(Cl)c3)CC2)c1=O. The number of rotatable bonds is 2. The van der Waals surface area contributed by atoms with E-state index in [4.69, 9.17) is 11.6 Å². The van der Waals surface area contributed by atoms with Crippen LogP contribution in [0.15, 0.2) is 29.1 Å². The molecule has 2 amide bonds. The first-order valence-corrected chi connectivity index (χ1v) is 8.59. The number of halogens is 4. The van der Waals surface area contributed by atoms with Crippen molar-refractivity contribution in [2.45, 2.75) is 25.1 Å². The number of hydrogen-bond donors (Lipinski definition) is 1. The molecule has 0 spiro atoms. The second-order valence-corrected chi connectivity index (χ2v) is 6.70. The molecule has 27 heavy (non-hydrogen) atoms. The first-order chi connectivity index (χ1) is 12.7. The molecule has 0 atom stereocenters. The molecule has 1 aliphatic rings. The number of urea groups is 1. The summed E-state index contributed by atoms with van der Waals surface area (Å²) < 4.78 is 40.1. The maximum Gasteiger partial charge on any atom is 0.451 e. The van der Waals surface area contributed by atoms with Crippen molar-refractivity contribution in [1.29, 1.82) is 0 Å². The average molecular weight is 404 g/mol. The highest BCUT2D eigenvalue weighted by atomic mass is 35.5. The van der Waals surface area contributed by atoms with Crippen LogP contribution in [0.4, 0.5) is 23.7 Å². The van der Waals surface area contributed by atoms with E-state index in [1.54, 1.807) is 24.3 Å². The van der Waals surface area contributed by atoms with Crippen molar-refractivity contribution in [1.82, 2.24) is 19.2 Å². The fraction of sp³-hybridized carbons (Fsp3) is 0.438. The maximum atomic E-state index is 12.9. The number of amides is 2. The molecule has 2 aromatic rings. The van der Waals surface area contributed by atoms with Crippen molar-refractivity contribution in [2.75, 3.05) is 18.4 Å². The molecule has 0 bridgehead atoms. The van der Waals surface area contributed by atoms with Gasteiger partial charge in [0.15, 0.2) is 0 Å². The fourth-order valence-electron chi connectivity index (χ4n) is 3.02. The standard InChI is InChI=1S/C16H17ClF3N5O2/c1-23-13(16(18,19)20)22-25(15(23)27)12-5-7-24(8-6-12)14(26)21-11-4-2-3-10(17)9-11/h2-4,9,12H,5-8H2,1H3,(H,21,26). The number of likely N-dealkylation sites (tertiary alicyclic amines) is 1. The molecule has 1 aliphatic heterocycles. The van der Waals surface area contributed by atoms with Gasteiger partial charge in [-0.05, 0) is 31.0 Å². The van der Waals surface area contributed by atoms with Crippen molar-refractivity contribution in [2.24, 2.45) is 7.05 Å². The van der Waals surface area contributed by atoms with Crippen molar-refractivity contribution in [3.8, 4) is 0 Å². The zero-order valence-corrected chi connectivity index (χ0v) is 15.1. The van der Waals surface area contributed by atoms with Crippen LogP contribution in [0.5, 0.6) is 0 Å². The van der Waals surface area contributed by atoms with Gasteiger partial charge in [0.25, 0.3) is 0 Å². The smallest absolute Gasteiger partial charge is 0.324 e. The molecule has 1 saturated heterocycles. The van der Waals surface area contributed by atoms with Gasteiger partial charge in [-0.3, -0.25) is 4.57 Å². The van der Waals surface area contributed by atoms with E-state index in [1.165, 1.54) is 4.90 Å². The third kappa shape index (κ3) is 4.10. The van der Waals surface area contributed by atoms with E-state index in [0.29, 0.717) is 41.2 Å². The molecule has 2 heterocycles. The van der Waals surface area contributed by atoms with Crippen LogP contribution in [0.25, 0.3) is 0 Å². The molecular formula is C16H17ClF3N5O2. The summed E-state index contributed by atoms with van der Waals surface area (Å²) in [4.78, 5) is 25.9. The minimum atomic E-state index is -4.70. The summed E-state index contributed by atoms with van der Waals surface area (Å²) in [5.41, 5.74) is -0.269. The topological polar surface area (TPSA) is 72.2 Å². The van der Waals surface area contributed by atoms with E-state index in [9.17, 15) is 22.8 Å². The lowest BCUT2D eigenvalue weighted by atomic mass is 10.1. The van der Waals surface area contributed by atoms with Gasteiger partial charge in [-0.1, -0.05) is 17.7 Å². The largest absolute Gasteiger partial charge is 0.451 e. The Kier molecular flexibility index (Phi) is 5.18. The Morgan fingerprint density at radius 1 is 1.30 bits per heavy atom. The second-order valence-electron chi connectivity index (χ2n) is 6.27. The number of carbonyl (C=O) groups excluding carboxylic acids is 1. The van der Waals surface area contributed by atoms with Gasteiger partial charge < -0.3 is 10.2 Å². The molecular weight excluding hydrogens is 387 g/mol. The van der Waals surface area contributed by atoms with Gasteiger partial charge in [0.2, 0.25) is 5.82 Å². The van der Waals surface area contributed by atoms with Gasteiger partial charge in [-0.25, -0.2) is 14.3 Å². The number of benzene rings is 1. The van der Waals surface area contributed by atoms with E-state index in [0.717, 1.165) is 11.7 Å². The van der Waals surface area contributed by atoms with E-state index >= 15 is 0 Å². The summed E-state index contributed by atoms with van der Waals surface area (Å²) in [7, 11) is 1.04. The number of piperidine rings is 1. The summed E-state index contributed by atoms with van der Waals surface area (Å²) in [6.45, 7) is 0.586. The normalized spacial score (nSPS) is 15.8. The minimum Gasteiger partial charge on any atom is -0.324 e. The number of anilines is 1. The van der Waals surface area contributed by atoms with Gasteiger partial charge >= 0.3 is 17.9 Å². The maximum absolute atomic E-state index is 12.9. The lowest BCUT2D eigenvalue weighted by Crippen LogP contribution is -2.43. The lowest BCUT2D eigenvalue weighted by molar-refractivity contribution is -0.147. The third-order valence-corrected chi connectivity index (χ3v) is 4.67. The van der Waals surface area contributed by atoms with E-state index in [-0.39, 0.29) is 6.03 Å². The highest BCUT2D eigenvalue weighted by Crippen LogP contribution is 2.28. The Bertz CT molecular complexity index is 900. The van der Waals surface area contributed by atoms with Crippen molar-refractivity contribution >= 4 is 23.3 Å². The monoisotopic (exact) mass is 403 g/mol. The van der Waals surface area contributed by atoms with E-state index in [1.807, 2.05) is 0 Å². The van der Waals surface area contributed by atoms with Crippen molar-refractivity contribution in [3.05, 3.63) is 45.6 Å². The van der Waals surface area contributed by atoms with Crippen LogP contribution in [0.2, 0.25) is 5.02 Å². The Morgan fingerprint density at radius 2 is 1.96 bits per heavy atom. The molecule has 3 rings (SSSR count). The summed E-state index contributed by atoms with van der Waals surface area (Å²) in [6.07, 6.45) is -4.04. The first kappa shape index (κ1) is 19.3. The molecule has 1 N–H and O–H groups in total. The number of aromatic nitrogens is 3. The summed E-state index contributed by atoms with van der Waals surface area (Å²) in [5, 5.41) is 6.66. The van der Waals surface area contributed by atoms with Gasteiger partial charge in [-0.15, -0.1) is 5.10 Å². The van der Waals surface area contributed by atoms with Crippen LogP contribution < -0.4 is 11.0 Å². The molecule has 11 heteroatoms. The molecule has 1 aromatic heterocycles. The van der Waals surface area contributed by atoms with E-state index < -0.39 is 23.7 Å². The molecule has 1 aromatic carbocycles. The highest BCUT2D eigenvalue weighted by Gasteiger charge is 2.39. The minimum absolute atomic E-state index is 0.293. The predicted octanol–water partition coefficient (Wildman–Crippen LogP) is 3.12. The summed E-state index contributed by atoms with van der Waals surface area (Å²) in [5.74, 6) is -1.23. The molecule has 0 saturated carbocycles. The van der Waals surface area contributed by atoms with Crippen LogP contribution in [0.1, 0.15) is 24.7 Å². The van der Waals surface area contributed by atoms with Crippen molar-refractivity contribution in [3.63, 3.8) is 0 Å². The number of carbonyl (C=O) groups is 1. The number of alkyl halides is 3. The van der Waals surface area contributed by atoms with Crippen LogP contribution in [0.3, 0.4) is 0 Å². The molecule has 0 aliphatic carbocycles. The molecule has 1 fully saturated rings. The summed E-state index contributed by atoms with van der Waals surface area (Å²) in [6, 6.07) is 5.87. The predicted molar refractivity (Wildman–Crippen MR) is 92.8 cm³/mol. The van der Waals surface area contributed by atoms with Crippen molar-refractivity contribution < 1.29 is 18.0 Å². The summed E-state index contributed by atoms with van der Waals surface area (Å²) >= 11 is 5.88. The van der Waals surface area contributed by atoms with Crippen LogP contribution in [-0.4, -0.2) is 38.4 Å². The highest BCUT2D eigenvalue weighted by molar-refractivity contribution is 6.30. The van der Waals surface area contributed by atoms with Crippen LogP contribution >= 0.6 is 11.6 Å². The Hall–Kier alpha value is -2.49. The first-order valence-electron chi connectivity index (χ1n) is 8.21. The zero-order chi connectivity index (χ0) is 19.8. The fourth-order valence-corrected chi connectivity index (χ4v) is 3.21. The van der Waals surface area contributed by atoms with E-state index in [2.05, 4.69) is 10.4 Å². The molecule has 0 radical (unpaired) electrons. The quantitative estimate of drug-likeness (QED) is 0.837. The van der Waals surface area contributed by atoms with Gasteiger partial charge in [0, 0.05) is 30.8 Å². The third-order valence-electron chi connectivity index (χ3n) is 4.43. The van der Waals surface area contributed by atoms with Gasteiger partial charge in [0.05, 0.1) is 6.04 Å². The molecule has 146 valence electrons.